The fourth-order valence-corrected chi connectivity index (χ4v) is 6.90. The summed E-state index contributed by atoms with van der Waals surface area (Å²) >= 11 is 0. The van der Waals surface area contributed by atoms with Crippen LogP contribution >= 0.6 is 0 Å². The number of benzene rings is 1. The van der Waals surface area contributed by atoms with Crippen LogP contribution in [0.15, 0.2) is 42.0 Å². The van der Waals surface area contributed by atoms with Gasteiger partial charge in [0.15, 0.2) is 5.78 Å². The fourth-order valence-electron chi connectivity index (χ4n) is 6.90. The van der Waals surface area contributed by atoms with Crippen LogP contribution in [0.3, 0.4) is 0 Å². The van der Waals surface area contributed by atoms with Gasteiger partial charge in [0, 0.05) is 11.5 Å². The molecule has 0 radical (unpaired) electrons. The number of hydrogen-bond acceptors (Lipinski definition) is 2. The zero-order valence-corrected chi connectivity index (χ0v) is 22.6. The summed E-state index contributed by atoms with van der Waals surface area (Å²) in [6, 6.07) is 6.84. The molecule has 1 aromatic rings. The van der Waals surface area contributed by atoms with Crippen molar-refractivity contribution in [1.29, 1.82) is 0 Å². The smallest absolute Gasteiger partial charge is 0.165 e. The van der Waals surface area contributed by atoms with Gasteiger partial charge in [-0.3, -0.25) is 4.79 Å². The molecule has 3 N–H and O–H groups in total. The van der Waals surface area contributed by atoms with Gasteiger partial charge in [-0.25, -0.2) is 0 Å². The summed E-state index contributed by atoms with van der Waals surface area (Å²) in [6.07, 6.45) is 14.8. The van der Waals surface area contributed by atoms with Crippen molar-refractivity contribution in [3.63, 3.8) is 0 Å². The number of aryl methyl sites for hydroxylation is 1. The summed E-state index contributed by atoms with van der Waals surface area (Å²) in [4.78, 5) is 14.0. The maximum Gasteiger partial charge on any atom is 0.165 e. The van der Waals surface area contributed by atoms with Crippen molar-refractivity contribution in [1.82, 2.24) is 0 Å². The molecule has 0 amide bonds. The van der Waals surface area contributed by atoms with Crippen LogP contribution in [0.1, 0.15) is 109 Å². The summed E-state index contributed by atoms with van der Waals surface area (Å²) in [5.41, 5.74) is 4.68. The lowest BCUT2D eigenvalue weighted by Gasteiger charge is -2.40. The van der Waals surface area contributed by atoms with Gasteiger partial charge in [-0.15, -0.1) is 0 Å². The lowest BCUT2D eigenvalue weighted by Crippen LogP contribution is -2.42. The van der Waals surface area contributed by atoms with Crippen LogP contribution < -0.4 is 0 Å². The van der Waals surface area contributed by atoms with Gasteiger partial charge >= 0.3 is 0 Å². The lowest BCUT2D eigenvalue weighted by molar-refractivity contribution is -0.122. The average molecular weight is 481 g/mol. The minimum Gasteiger partial charge on any atom is -0.412 e. The molecule has 1 unspecified atom stereocenters. The van der Waals surface area contributed by atoms with Gasteiger partial charge in [0.2, 0.25) is 0 Å². The van der Waals surface area contributed by atoms with Crippen LogP contribution in [-0.4, -0.2) is 22.0 Å². The van der Waals surface area contributed by atoms with E-state index in [1.165, 1.54) is 48.8 Å². The molecular formula is C32H48O3. The first-order valence-corrected chi connectivity index (χ1v) is 13.8. The molecule has 0 aromatic heterocycles. The first-order chi connectivity index (χ1) is 16.1. The molecule has 2 saturated carbocycles. The molecule has 3 nitrogen and oxygen atoms in total. The Labute approximate surface area is 213 Å². The molecule has 35 heavy (non-hydrogen) atoms. The van der Waals surface area contributed by atoms with Gasteiger partial charge in [-0.2, -0.15) is 0 Å². The number of aliphatic hydroxyl groups is 1. The fraction of sp³-hybridized carbons (Fsp3) is 0.656. The summed E-state index contributed by atoms with van der Waals surface area (Å²) in [5, 5.41) is 11.8. The SMILES string of the molecule is C=C/C(C)=C(/C(=O)C1CCc2ccc(C(C)(C)C)cc2C1)C1(O)CCC(CC2CCCC2)CC1.O. The second-order valence-corrected chi connectivity index (χ2v) is 12.7. The highest BCUT2D eigenvalue weighted by molar-refractivity contribution is 6.00. The van der Waals surface area contributed by atoms with Crippen molar-refractivity contribution in [3.05, 3.63) is 58.7 Å². The van der Waals surface area contributed by atoms with Crippen molar-refractivity contribution in [2.45, 2.75) is 116 Å². The molecule has 0 saturated heterocycles. The van der Waals surface area contributed by atoms with E-state index in [1.807, 2.05) is 6.92 Å². The monoisotopic (exact) mass is 480 g/mol. The third-order valence-corrected chi connectivity index (χ3v) is 9.16. The van der Waals surface area contributed by atoms with Crippen molar-refractivity contribution < 1.29 is 15.4 Å². The quantitative estimate of drug-likeness (QED) is 0.358. The van der Waals surface area contributed by atoms with Crippen LogP contribution in [0.5, 0.6) is 0 Å². The van der Waals surface area contributed by atoms with E-state index in [4.69, 9.17) is 0 Å². The number of rotatable bonds is 6. The van der Waals surface area contributed by atoms with E-state index in [-0.39, 0.29) is 22.6 Å². The Kier molecular flexibility index (Phi) is 8.86. The van der Waals surface area contributed by atoms with E-state index in [0.29, 0.717) is 24.3 Å². The third-order valence-electron chi connectivity index (χ3n) is 9.16. The lowest BCUT2D eigenvalue weighted by atomic mass is 9.68. The number of ketones is 1. The first kappa shape index (κ1) is 27.9. The molecule has 194 valence electrons. The van der Waals surface area contributed by atoms with Gasteiger partial charge in [-0.1, -0.05) is 77.3 Å². The Balaban J connectivity index is 0.00000342. The summed E-state index contributed by atoms with van der Waals surface area (Å²) < 4.78 is 0. The van der Waals surface area contributed by atoms with Crippen LogP contribution in [0.4, 0.5) is 0 Å². The molecule has 2 fully saturated rings. The van der Waals surface area contributed by atoms with E-state index in [1.54, 1.807) is 6.08 Å². The van der Waals surface area contributed by atoms with Crippen molar-refractivity contribution >= 4 is 5.78 Å². The average Bonchev–Trinajstić information content (AvgIpc) is 3.32. The van der Waals surface area contributed by atoms with Crippen LogP contribution in [0.25, 0.3) is 0 Å². The predicted molar refractivity (Wildman–Crippen MR) is 146 cm³/mol. The Morgan fingerprint density at radius 2 is 1.69 bits per heavy atom. The van der Waals surface area contributed by atoms with Gasteiger partial charge in [0.1, 0.15) is 0 Å². The Hall–Kier alpha value is -1.71. The molecule has 3 heteroatoms. The van der Waals surface area contributed by atoms with Gasteiger partial charge < -0.3 is 10.6 Å². The number of carbonyl (C=O) groups excluding carboxylic acids is 1. The Bertz CT molecular complexity index is 934. The molecule has 0 spiro atoms. The molecule has 3 aliphatic carbocycles. The molecule has 1 atom stereocenters. The first-order valence-electron chi connectivity index (χ1n) is 13.8. The second kappa shape index (κ2) is 11.1. The highest BCUT2D eigenvalue weighted by atomic mass is 16.3. The maximum absolute atomic E-state index is 14.0. The van der Waals surface area contributed by atoms with E-state index >= 15 is 0 Å². The van der Waals surface area contributed by atoms with Crippen LogP contribution in [0.2, 0.25) is 0 Å². The molecule has 0 bridgehead atoms. The van der Waals surface area contributed by atoms with E-state index < -0.39 is 5.60 Å². The Morgan fingerprint density at radius 3 is 2.29 bits per heavy atom. The zero-order valence-electron chi connectivity index (χ0n) is 22.6. The molecular weight excluding hydrogens is 432 g/mol. The highest BCUT2D eigenvalue weighted by Gasteiger charge is 2.43. The summed E-state index contributed by atoms with van der Waals surface area (Å²) in [5.74, 6) is 1.72. The molecule has 4 rings (SSSR count). The highest BCUT2D eigenvalue weighted by Crippen LogP contribution is 2.44. The van der Waals surface area contributed by atoms with Crippen molar-refractivity contribution in [2.75, 3.05) is 0 Å². The van der Waals surface area contributed by atoms with Gasteiger partial charge in [0.05, 0.1) is 5.60 Å². The largest absolute Gasteiger partial charge is 0.412 e. The van der Waals surface area contributed by atoms with Gasteiger partial charge in [0.25, 0.3) is 0 Å². The minimum atomic E-state index is -0.991. The second-order valence-electron chi connectivity index (χ2n) is 12.7. The molecule has 1 aromatic carbocycles. The number of fused-ring (bicyclic) bond motifs is 1. The molecule has 3 aliphatic rings. The number of Topliss-reactive ketones (excluding diaryl/α,β-unsaturated/α-hetero) is 1. The van der Waals surface area contributed by atoms with Crippen molar-refractivity contribution in [2.24, 2.45) is 17.8 Å². The topological polar surface area (TPSA) is 68.8 Å². The molecule has 0 heterocycles. The third kappa shape index (κ3) is 6.17. The number of allylic oxidation sites excluding steroid dienone is 2. The van der Waals surface area contributed by atoms with E-state index in [0.717, 1.165) is 43.6 Å². The van der Waals surface area contributed by atoms with Crippen molar-refractivity contribution in [3.8, 4) is 0 Å². The van der Waals surface area contributed by atoms with E-state index in [9.17, 15) is 9.90 Å². The standard InChI is InChI=1S/C32H46O2.H2O/c1-6-22(2)29(32(34)17-15-24(16-18-32)19-23-9-7-8-10-23)30(33)26-12-11-25-13-14-28(31(3,4)5)21-27(25)20-26;/h6,13-14,21,23-24,26,34H,1,7-12,15-20H2,2-5H3;1H2/b29-22-;. The van der Waals surface area contributed by atoms with E-state index in [2.05, 4.69) is 45.5 Å². The van der Waals surface area contributed by atoms with Crippen LogP contribution in [-0.2, 0) is 23.1 Å². The summed E-state index contributed by atoms with van der Waals surface area (Å²) in [6.45, 7) is 12.7. The molecule has 0 aliphatic heterocycles. The number of hydrogen-bond donors (Lipinski definition) is 1. The van der Waals surface area contributed by atoms with Crippen LogP contribution in [0, 0.1) is 17.8 Å². The number of carbonyl (C=O) groups is 1. The zero-order chi connectivity index (χ0) is 24.5. The van der Waals surface area contributed by atoms with Gasteiger partial charge in [-0.05, 0) is 97.8 Å². The minimum absolute atomic E-state index is 0. The summed E-state index contributed by atoms with van der Waals surface area (Å²) in [7, 11) is 0. The Morgan fingerprint density at radius 1 is 1.06 bits per heavy atom. The maximum atomic E-state index is 14.0. The predicted octanol–water partition coefficient (Wildman–Crippen LogP) is 6.84. The normalized spacial score (nSPS) is 28.0.